The van der Waals surface area contributed by atoms with Crippen molar-refractivity contribution in [1.29, 1.82) is 0 Å². The fraction of sp³-hybridized carbons (Fsp3) is 0.807. The molecule has 0 aromatic carbocycles. The number of hydrogen-bond acceptors (Lipinski definition) is 6. The number of rotatable bonds is 49. The van der Waals surface area contributed by atoms with E-state index in [1.807, 2.05) is 0 Å². The average molecular weight is 883 g/mol. The van der Waals surface area contributed by atoms with E-state index in [1.165, 1.54) is 141 Å². The van der Waals surface area contributed by atoms with Gasteiger partial charge in [-0.15, -0.1) is 0 Å². The van der Waals surface area contributed by atoms with Crippen LogP contribution in [0.5, 0.6) is 0 Å². The monoisotopic (exact) mass is 883 g/mol. The van der Waals surface area contributed by atoms with E-state index in [0.29, 0.717) is 19.3 Å². The van der Waals surface area contributed by atoms with Crippen molar-refractivity contribution in [2.24, 2.45) is 0 Å². The summed E-state index contributed by atoms with van der Waals surface area (Å²) in [4.78, 5) is 38.0. The van der Waals surface area contributed by atoms with Crippen LogP contribution in [0.4, 0.5) is 0 Å². The van der Waals surface area contributed by atoms with Gasteiger partial charge in [0.05, 0.1) is 0 Å². The molecule has 63 heavy (non-hydrogen) atoms. The van der Waals surface area contributed by atoms with E-state index < -0.39 is 6.10 Å². The summed E-state index contributed by atoms with van der Waals surface area (Å²) >= 11 is 0. The highest BCUT2D eigenvalue weighted by atomic mass is 16.6. The Balaban J connectivity index is 4.37. The molecule has 1 unspecified atom stereocenters. The third kappa shape index (κ3) is 50.2. The summed E-state index contributed by atoms with van der Waals surface area (Å²) in [5.41, 5.74) is 0. The van der Waals surface area contributed by atoms with Crippen LogP contribution in [0, 0.1) is 0 Å². The zero-order valence-electron chi connectivity index (χ0n) is 41.8. The highest BCUT2D eigenvalue weighted by molar-refractivity contribution is 5.71. The summed E-state index contributed by atoms with van der Waals surface area (Å²) in [6.45, 7) is 6.52. The minimum atomic E-state index is -0.785. The van der Waals surface area contributed by atoms with Crippen molar-refractivity contribution in [1.82, 2.24) is 0 Å². The van der Waals surface area contributed by atoms with Crippen LogP contribution in [-0.4, -0.2) is 37.2 Å². The summed E-state index contributed by atoms with van der Waals surface area (Å²) in [7, 11) is 0. The van der Waals surface area contributed by atoms with E-state index in [4.69, 9.17) is 14.2 Å². The van der Waals surface area contributed by atoms with Gasteiger partial charge in [-0.25, -0.2) is 0 Å². The van der Waals surface area contributed by atoms with Gasteiger partial charge in [0.15, 0.2) is 6.10 Å². The lowest BCUT2D eigenvalue weighted by atomic mass is 10.1. The lowest BCUT2D eigenvalue weighted by Crippen LogP contribution is -2.30. The molecule has 0 rings (SSSR count). The molecule has 0 saturated heterocycles. The van der Waals surface area contributed by atoms with Crippen molar-refractivity contribution in [2.75, 3.05) is 13.2 Å². The normalized spacial score (nSPS) is 12.4. The van der Waals surface area contributed by atoms with Gasteiger partial charge in [-0.3, -0.25) is 14.4 Å². The maximum Gasteiger partial charge on any atom is 0.306 e. The van der Waals surface area contributed by atoms with Gasteiger partial charge >= 0.3 is 17.9 Å². The van der Waals surface area contributed by atoms with Crippen LogP contribution in [0.2, 0.25) is 0 Å². The van der Waals surface area contributed by atoms with Crippen molar-refractivity contribution in [3.63, 3.8) is 0 Å². The Bertz CT molecular complexity index is 1110. The fourth-order valence-electron chi connectivity index (χ4n) is 7.70. The lowest BCUT2D eigenvalue weighted by molar-refractivity contribution is -0.167. The zero-order valence-corrected chi connectivity index (χ0v) is 41.8. The van der Waals surface area contributed by atoms with Crippen LogP contribution in [0.15, 0.2) is 48.6 Å². The Morgan fingerprint density at radius 3 is 0.984 bits per heavy atom. The molecule has 1 atom stereocenters. The van der Waals surface area contributed by atoms with Gasteiger partial charge in [0.1, 0.15) is 13.2 Å². The molecule has 0 amide bonds. The van der Waals surface area contributed by atoms with Gasteiger partial charge in [-0.05, 0) is 96.3 Å². The van der Waals surface area contributed by atoms with Gasteiger partial charge < -0.3 is 14.2 Å². The molecule has 0 saturated carbocycles. The number of carbonyl (C=O) groups is 3. The second-order valence-corrected chi connectivity index (χ2v) is 18.1. The molecule has 0 bridgehead atoms. The third-order valence-corrected chi connectivity index (χ3v) is 11.8. The molecule has 0 N–H and O–H groups in total. The fourth-order valence-corrected chi connectivity index (χ4v) is 7.70. The average Bonchev–Trinajstić information content (AvgIpc) is 3.28. The van der Waals surface area contributed by atoms with Crippen molar-refractivity contribution in [2.45, 2.75) is 284 Å². The number of ether oxygens (including phenoxy) is 3. The number of hydrogen-bond donors (Lipinski definition) is 0. The first kappa shape index (κ1) is 60.4. The highest BCUT2D eigenvalue weighted by Crippen LogP contribution is 2.15. The topological polar surface area (TPSA) is 78.9 Å². The molecule has 0 aliphatic carbocycles. The SMILES string of the molecule is CC/C=C\C/C=C\CCCCCCCCCC(=O)OC(COC(=O)CCCCC/C=C\CCCCCCCC)COC(=O)CCCCCCC/C=C\CCCCCCCCCCC. The van der Waals surface area contributed by atoms with E-state index in [2.05, 4.69) is 69.4 Å². The molecule has 0 spiro atoms. The molecule has 6 heteroatoms. The van der Waals surface area contributed by atoms with Crippen LogP contribution in [0.3, 0.4) is 0 Å². The van der Waals surface area contributed by atoms with Crippen LogP contribution in [0.1, 0.15) is 278 Å². The number of esters is 3. The van der Waals surface area contributed by atoms with Gasteiger partial charge in [-0.1, -0.05) is 211 Å². The largest absolute Gasteiger partial charge is 0.462 e. The number of allylic oxidation sites excluding steroid dienone is 8. The molecule has 0 fully saturated rings. The predicted octanol–water partition coefficient (Wildman–Crippen LogP) is 17.9. The maximum atomic E-state index is 12.8. The second-order valence-electron chi connectivity index (χ2n) is 18.1. The lowest BCUT2D eigenvalue weighted by Gasteiger charge is -2.18. The molecule has 0 radical (unpaired) electrons. The summed E-state index contributed by atoms with van der Waals surface area (Å²) in [5, 5.41) is 0. The zero-order chi connectivity index (χ0) is 45.8. The predicted molar refractivity (Wildman–Crippen MR) is 270 cm³/mol. The molecule has 0 heterocycles. The minimum absolute atomic E-state index is 0.0844. The molecule has 366 valence electrons. The van der Waals surface area contributed by atoms with Crippen LogP contribution < -0.4 is 0 Å². The molecule has 0 aliphatic rings. The summed E-state index contributed by atoms with van der Waals surface area (Å²) < 4.78 is 16.8. The Kier molecular flexibility index (Phi) is 49.8. The van der Waals surface area contributed by atoms with Crippen LogP contribution in [0.25, 0.3) is 0 Å². The van der Waals surface area contributed by atoms with Crippen LogP contribution >= 0.6 is 0 Å². The number of unbranched alkanes of at least 4 members (excludes halogenated alkanes) is 30. The van der Waals surface area contributed by atoms with Gasteiger partial charge in [0.25, 0.3) is 0 Å². The Hall–Kier alpha value is -2.63. The first-order valence-electron chi connectivity index (χ1n) is 27.1. The maximum absolute atomic E-state index is 12.8. The summed E-state index contributed by atoms with van der Waals surface area (Å²) in [5.74, 6) is -0.908. The highest BCUT2D eigenvalue weighted by Gasteiger charge is 2.19. The van der Waals surface area contributed by atoms with Crippen molar-refractivity contribution in [3.8, 4) is 0 Å². The van der Waals surface area contributed by atoms with E-state index in [1.54, 1.807) is 0 Å². The van der Waals surface area contributed by atoms with Gasteiger partial charge in [0.2, 0.25) is 0 Å². The Morgan fingerprint density at radius 2 is 0.619 bits per heavy atom. The van der Waals surface area contributed by atoms with Gasteiger partial charge in [-0.2, -0.15) is 0 Å². The van der Waals surface area contributed by atoms with Crippen LogP contribution in [-0.2, 0) is 28.6 Å². The molecule has 0 aliphatic heterocycles. The van der Waals surface area contributed by atoms with E-state index in [9.17, 15) is 14.4 Å². The third-order valence-electron chi connectivity index (χ3n) is 11.8. The van der Waals surface area contributed by atoms with Crippen molar-refractivity contribution >= 4 is 17.9 Å². The Labute approximate surface area is 390 Å². The molecule has 6 nitrogen and oxygen atoms in total. The minimum Gasteiger partial charge on any atom is -0.462 e. The van der Waals surface area contributed by atoms with E-state index in [0.717, 1.165) is 96.3 Å². The molecular formula is C57H102O6. The molecule has 0 aromatic rings. The van der Waals surface area contributed by atoms with Crippen molar-refractivity contribution in [3.05, 3.63) is 48.6 Å². The van der Waals surface area contributed by atoms with Gasteiger partial charge in [0, 0.05) is 19.3 Å². The van der Waals surface area contributed by atoms with Crippen molar-refractivity contribution < 1.29 is 28.6 Å². The second kappa shape index (κ2) is 52.0. The first-order chi connectivity index (χ1) is 31.0. The standard InChI is InChI=1S/C57H102O6/c1-4-7-10-13-16-19-22-25-27-28-29-30-33-35-38-41-44-47-50-56(59)62-53-54(52-61-55(58)49-46-43-40-37-34-31-24-21-18-15-12-9-6-3)63-57(60)51-48-45-42-39-36-32-26-23-20-17-14-11-8-5-2/h8,11,17,20,29-31,34,54H,4-7,9-10,12-16,18-19,21-28,32-33,35-53H2,1-3H3/b11-8-,20-17-,30-29-,34-31-. The number of carbonyl (C=O) groups excluding carboxylic acids is 3. The first-order valence-corrected chi connectivity index (χ1v) is 27.1. The Morgan fingerprint density at radius 1 is 0.333 bits per heavy atom. The summed E-state index contributed by atoms with van der Waals surface area (Å²) in [6.07, 6.45) is 62.4. The quantitative estimate of drug-likeness (QED) is 0.0262. The summed E-state index contributed by atoms with van der Waals surface area (Å²) in [6, 6.07) is 0. The van der Waals surface area contributed by atoms with E-state index in [-0.39, 0.29) is 31.1 Å². The molecular weight excluding hydrogens is 781 g/mol. The smallest absolute Gasteiger partial charge is 0.306 e. The molecule has 0 aromatic heterocycles. The van der Waals surface area contributed by atoms with E-state index >= 15 is 0 Å².